The number of benzene rings is 1. The van der Waals surface area contributed by atoms with Crippen molar-refractivity contribution in [2.45, 2.75) is 26.7 Å². The van der Waals surface area contributed by atoms with Crippen LogP contribution in [0, 0.1) is 11.8 Å². The Balaban J connectivity index is 2.62. The molecule has 0 aliphatic heterocycles. The molecule has 0 radical (unpaired) electrons. The Hall–Kier alpha value is -1.02. The highest BCUT2D eigenvalue weighted by atomic mass is 16.5. The summed E-state index contributed by atoms with van der Waals surface area (Å²) in [6.07, 6.45) is 2.24. The lowest BCUT2D eigenvalue weighted by Crippen LogP contribution is -2.18. The molecule has 0 bridgehead atoms. The first-order valence-electron chi connectivity index (χ1n) is 5.98. The average molecular weight is 221 g/mol. The first-order valence-corrected chi connectivity index (χ1v) is 5.98. The van der Waals surface area contributed by atoms with Gasteiger partial charge >= 0.3 is 0 Å². The maximum absolute atomic E-state index is 5.81. The van der Waals surface area contributed by atoms with Crippen LogP contribution in [0.3, 0.4) is 0 Å². The van der Waals surface area contributed by atoms with Crippen LogP contribution in [0.5, 0.6) is 5.75 Å². The molecule has 1 aromatic rings. The Morgan fingerprint density at radius 2 is 2.06 bits per heavy atom. The van der Waals surface area contributed by atoms with Crippen LogP contribution < -0.4 is 10.5 Å². The van der Waals surface area contributed by atoms with Gasteiger partial charge in [0, 0.05) is 0 Å². The molecule has 2 heteroatoms. The largest absolute Gasteiger partial charge is 0.497 e. The van der Waals surface area contributed by atoms with Crippen molar-refractivity contribution in [1.29, 1.82) is 0 Å². The molecule has 0 aromatic heterocycles. The fourth-order valence-electron chi connectivity index (χ4n) is 2.06. The summed E-state index contributed by atoms with van der Waals surface area (Å²) >= 11 is 0. The van der Waals surface area contributed by atoms with E-state index in [2.05, 4.69) is 26.0 Å². The van der Waals surface area contributed by atoms with Gasteiger partial charge in [-0.3, -0.25) is 0 Å². The number of ether oxygens (including phenoxy) is 1. The molecule has 16 heavy (non-hydrogen) atoms. The van der Waals surface area contributed by atoms with Gasteiger partial charge in [-0.25, -0.2) is 0 Å². The summed E-state index contributed by atoms with van der Waals surface area (Å²) < 4.78 is 5.22. The highest BCUT2D eigenvalue weighted by Gasteiger charge is 2.10. The number of rotatable bonds is 6. The van der Waals surface area contributed by atoms with E-state index in [1.54, 1.807) is 7.11 Å². The summed E-state index contributed by atoms with van der Waals surface area (Å²) in [5.74, 6) is 2.21. The molecular weight excluding hydrogens is 198 g/mol. The van der Waals surface area contributed by atoms with Gasteiger partial charge in [0.2, 0.25) is 0 Å². The monoisotopic (exact) mass is 221 g/mol. The molecule has 0 aliphatic carbocycles. The van der Waals surface area contributed by atoms with Gasteiger partial charge in [-0.1, -0.05) is 26.0 Å². The summed E-state index contributed by atoms with van der Waals surface area (Å²) in [6.45, 7) is 5.25. The fraction of sp³-hybridized carbons (Fsp3) is 0.571. The zero-order valence-corrected chi connectivity index (χ0v) is 10.6. The van der Waals surface area contributed by atoms with Crippen LogP contribution in [0.15, 0.2) is 24.3 Å². The Labute approximate surface area is 98.8 Å². The van der Waals surface area contributed by atoms with E-state index in [1.807, 2.05) is 12.1 Å². The summed E-state index contributed by atoms with van der Waals surface area (Å²) in [7, 11) is 1.70. The third-order valence-corrected chi connectivity index (χ3v) is 2.80. The zero-order chi connectivity index (χ0) is 12.0. The SMILES string of the molecule is COc1cccc(CC(CN)CC(C)C)c1. The molecule has 0 fully saturated rings. The molecule has 1 rings (SSSR count). The van der Waals surface area contributed by atoms with Crippen LogP contribution in [-0.4, -0.2) is 13.7 Å². The normalized spacial score (nSPS) is 12.8. The lowest BCUT2D eigenvalue weighted by molar-refractivity contribution is 0.406. The number of nitrogens with two attached hydrogens (primary N) is 1. The number of hydrogen-bond donors (Lipinski definition) is 1. The van der Waals surface area contributed by atoms with Gasteiger partial charge in [0.25, 0.3) is 0 Å². The van der Waals surface area contributed by atoms with Gasteiger partial charge in [0.1, 0.15) is 5.75 Å². The van der Waals surface area contributed by atoms with E-state index in [0.717, 1.165) is 18.7 Å². The molecule has 1 aromatic carbocycles. The predicted octanol–water partition coefficient (Wildman–Crippen LogP) is 2.86. The van der Waals surface area contributed by atoms with Crippen molar-refractivity contribution in [2.24, 2.45) is 17.6 Å². The topological polar surface area (TPSA) is 35.2 Å². The van der Waals surface area contributed by atoms with Crippen molar-refractivity contribution in [2.75, 3.05) is 13.7 Å². The van der Waals surface area contributed by atoms with Gasteiger partial charge in [0.05, 0.1) is 7.11 Å². The number of hydrogen-bond acceptors (Lipinski definition) is 2. The van der Waals surface area contributed by atoms with Gasteiger partial charge in [-0.2, -0.15) is 0 Å². The predicted molar refractivity (Wildman–Crippen MR) is 68.7 cm³/mol. The van der Waals surface area contributed by atoms with Crippen molar-refractivity contribution < 1.29 is 4.74 Å². The molecule has 1 unspecified atom stereocenters. The minimum atomic E-state index is 0.576. The Bertz CT molecular complexity index is 309. The van der Waals surface area contributed by atoms with Crippen LogP contribution >= 0.6 is 0 Å². The van der Waals surface area contributed by atoms with Gasteiger partial charge < -0.3 is 10.5 Å². The first kappa shape index (κ1) is 13.0. The van der Waals surface area contributed by atoms with Crippen LogP contribution in [0.2, 0.25) is 0 Å². The van der Waals surface area contributed by atoms with Crippen molar-refractivity contribution in [3.63, 3.8) is 0 Å². The van der Waals surface area contributed by atoms with Gasteiger partial charge in [-0.15, -0.1) is 0 Å². The number of methoxy groups -OCH3 is 1. The van der Waals surface area contributed by atoms with Crippen LogP contribution in [0.1, 0.15) is 25.8 Å². The summed E-state index contributed by atoms with van der Waals surface area (Å²) in [4.78, 5) is 0. The third kappa shape index (κ3) is 4.23. The van der Waals surface area contributed by atoms with Gasteiger partial charge in [0.15, 0.2) is 0 Å². The van der Waals surface area contributed by atoms with Crippen molar-refractivity contribution in [3.8, 4) is 5.75 Å². The molecule has 0 saturated heterocycles. The van der Waals surface area contributed by atoms with E-state index in [-0.39, 0.29) is 0 Å². The second kappa shape index (κ2) is 6.54. The Morgan fingerprint density at radius 3 is 2.62 bits per heavy atom. The molecule has 1 atom stereocenters. The molecular formula is C14H23NO. The zero-order valence-electron chi connectivity index (χ0n) is 10.6. The second-order valence-electron chi connectivity index (χ2n) is 4.79. The molecule has 2 nitrogen and oxygen atoms in total. The standard InChI is InChI=1S/C14H23NO/c1-11(2)7-13(10-15)8-12-5-4-6-14(9-12)16-3/h4-6,9,11,13H,7-8,10,15H2,1-3H3. The van der Waals surface area contributed by atoms with E-state index in [1.165, 1.54) is 12.0 Å². The van der Waals surface area contributed by atoms with E-state index in [4.69, 9.17) is 10.5 Å². The van der Waals surface area contributed by atoms with Crippen molar-refractivity contribution in [3.05, 3.63) is 29.8 Å². The smallest absolute Gasteiger partial charge is 0.119 e. The van der Waals surface area contributed by atoms with E-state index >= 15 is 0 Å². The summed E-state index contributed by atoms with van der Waals surface area (Å²) in [6, 6.07) is 8.26. The first-order chi connectivity index (χ1) is 7.65. The Morgan fingerprint density at radius 1 is 1.31 bits per heavy atom. The lowest BCUT2D eigenvalue weighted by atomic mass is 9.91. The molecule has 2 N–H and O–H groups in total. The maximum atomic E-state index is 5.81. The van der Waals surface area contributed by atoms with E-state index in [0.29, 0.717) is 11.8 Å². The molecule has 0 amide bonds. The van der Waals surface area contributed by atoms with E-state index in [9.17, 15) is 0 Å². The minimum absolute atomic E-state index is 0.576. The van der Waals surface area contributed by atoms with Crippen LogP contribution in [-0.2, 0) is 6.42 Å². The molecule has 0 saturated carbocycles. The fourth-order valence-corrected chi connectivity index (χ4v) is 2.06. The summed E-state index contributed by atoms with van der Waals surface area (Å²) in [5.41, 5.74) is 7.12. The molecule has 0 aliphatic rings. The molecule has 90 valence electrons. The molecule has 0 spiro atoms. The average Bonchev–Trinajstić information content (AvgIpc) is 2.28. The van der Waals surface area contributed by atoms with Gasteiger partial charge in [-0.05, 0) is 48.9 Å². The minimum Gasteiger partial charge on any atom is -0.497 e. The highest BCUT2D eigenvalue weighted by Crippen LogP contribution is 2.19. The lowest BCUT2D eigenvalue weighted by Gasteiger charge is -2.17. The Kier molecular flexibility index (Phi) is 5.33. The van der Waals surface area contributed by atoms with Crippen LogP contribution in [0.4, 0.5) is 0 Å². The quantitative estimate of drug-likeness (QED) is 0.801. The maximum Gasteiger partial charge on any atom is 0.119 e. The van der Waals surface area contributed by atoms with E-state index < -0.39 is 0 Å². The molecule has 0 heterocycles. The van der Waals surface area contributed by atoms with Crippen LogP contribution in [0.25, 0.3) is 0 Å². The summed E-state index contributed by atoms with van der Waals surface area (Å²) in [5, 5.41) is 0. The highest BCUT2D eigenvalue weighted by molar-refractivity contribution is 5.28. The third-order valence-electron chi connectivity index (χ3n) is 2.80. The van der Waals surface area contributed by atoms with Crippen molar-refractivity contribution in [1.82, 2.24) is 0 Å². The second-order valence-corrected chi connectivity index (χ2v) is 4.79. The van der Waals surface area contributed by atoms with Crippen molar-refractivity contribution >= 4 is 0 Å².